The molecule has 0 aliphatic rings. The summed E-state index contributed by atoms with van der Waals surface area (Å²) in [6.07, 6.45) is 8.96. The van der Waals surface area contributed by atoms with Crippen molar-refractivity contribution in [3.63, 3.8) is 0 Å². The van der Waals surface area contributed by atoms with E-state index < -0.39 is 0 Å². The fourth-order valence-corrected chi connectivity index (χ4v) is 2.96. The van der Waals surface area contributed by atoms with Crippen LogP contribution in [0.2, 0.25) is 0 Å². The molecular weight excluding hydrogens is 374 g/mol. The number of hydrazine groups is 1. The van der Waals surface area contributed by atoms with Crippen LogP contribution < -0.4 is 16.6 Å². The highest BCUT2D eigenvalue weighted by Gasteiger charge is 2.14. The first kappa shape index (κ1) is 18.5. The molecule has 148 valence electrons. The first-order valence-corrected chi connectivity index (χ1v) is 8.79. The van der Waals surface area contributed by atoms with Gasteiger partial charge in [-0.1, -0.05) is 0 Å². The van der Waals surface area contributed by atoms with Gasteiger partial charge in [-0.2, -0.15) is 10.2 Å². The van der Waals surface area contributed by atoms with E-state index in [1.807, 2.05) is 12.1 Å². The summed E-state index contributed by atoms with van der Waals surface area (Å²) in [5.74, 6) is 6.74. The molecule has 0 unspecified atom stereocenters. The number of hydrogen-bond donors (Lipinski definition) is 3. The van der Waals surface area contributed by atoms with Gasteiger partial charge in [-0.25, -0.2) is 20.3 Å². The smallest absolute Gasteiger partial charge is 0.186 e. The Morgan fingerprint density at radius 3 is 2.90 bits per heavy atom. The van der Waals surface area contributed by atoms with E-state index in [4.69, 9.17) is 16.7 Å². The van der Waals surface area contributed by atoms with Crippen molar-refractivity contribution in [3.05, 3.63) is 54.2 Å². The van der Waals surface area contributed by atoms with Crippen molar-refractivity contribution >= 4 is 23.4 Å². The van der Waals surface area contributed by atoms with Gasteiger partial charge >= 0.3 is 0 Å². The van der Waals surface area contributed by atoms with Gasteiger partial charge in [0.05, 0.1) is 55.1 Å². The molecule has 0 aliphatic carbocycles. The summed E-state index contributed by atoms with van der Waals surface area (Å²) in [7, 11) is 0. The van der Waals surface area contributed by atoms with Crippen molar-refractivity contribution in [3.8, 4) is 11.3 Å². The number of pyridine rings is 1. The monoisotopic (exact) mass is 393 g/mol. The van der Waals surface area contributed by atoms with Crippen LogP contribution >= 0.6 is 0 Å². The summed E-state index contributed by atoms with van der Waals surface area (Å²) < 4.78 is 3.23. The normalized spacial score (nSPS) is 11.1. The first-order valence-electron chi connectivity index (χ1n) is 8.79. The molecule has 0 atom stereocenters. The Labute approximate surface area is 165 Å². The minimum Gasteiger partial charge on any atom is -0.394 e. The van der Waals surface area contributed by atoms with Crippen LogP contribution in [0.25, 0.3) is 16.8 Å². The van der Waals surface area contributed by atoms with Crippen molar-refractivity contribution < 1.29 is 9.90 Å². The van der Waals surface area contributed by atoms with Crippen molar-refractivity contribution in [1.29, 1.82) is 0 Å². The molecule has 0 aromatic carbocycles. The first-order chi connectivity index (χ1) is 14.1. The summed E-state index contributed by atoms with van der Waals surface area (Å²) in [5.41, 5.74) is 9.32. The van der Waals surface area contributed by atoms with Crippen LogP contribution in [0.1, 0.15) is 15.9 Å². The maximum Gasteiger partial charge on any atom is 0.186 e. The molecule has 11 nitrogen and oxygen atoms in total. The number of anilines is 2. The zero-order chi connectivity index (χ0) is 20.4. The molecule has 4 aromatic heterocycles. The Morgan fingerprint density at radius 2 is 2.10 bits per heavy atom. The lowest BCUT2D eigenvalue weighted by atomic mass is 10.2. The molecule has 0 saturated carbocycles. The van der Waals surface area contributed by atoms with Gasteiger partial charge in [-0.15, -0.1) is 0 Å². The second-order valence-corrected chi connectivity index (χ2v) is 6.39. The lowest BCUT2D eigenvalue weighted by Gasteiger charge is -2.19. The van der Waals surface area contributed by atoms with Crippen LogP contribution in [0.15, 0.2) is 43.1 Å². The van der Waals surface area contributed by atoms with Crippen LogP contribution in [0.3, 0.4) is 0 Å². The fourth-order valence-electron chi connectivity index (χ4n) is 2.96. The van der Waals surface area contributed by atoms with Crippen LogP contribution in [-0.2, 0) is 13.1 Å². The summed E-state index contributed by atoms with van der Waals surface area (Å²) in [6, 6.07) is 3.68. The Bertz CT molecular complexity index is 1170. The van der Waals surface area contributed by atoms with E-state index in [9.17, 15) is 4.79 Å². The van der Waals surface area contributed by atoms with Crippen LogP contribution in [0.4, 0.5) is 11.6 Å². The third kappa shape index (κ3) is 3.63. The molecule has 0 fully saturated rings. The Kier molecular flexibility index (Phi) is 4.89. The summed E-state index contributed by atoms with van der Waals surface area (Å²) in [6.45, 7) is 0.675. The highest BCUT2D eigenvalue weighted by atomic mass is 16.3. The quantitative estimate of drug-likeness (QED) is 0.228. The Balaban J connectivity index is 1.61. The minimum atomic E-state index is -0.0102. The van der Waals surface area contributed by atoms with E-state index in [0.29, 0.717) is 35.7 Å². The van der Waals surface area contributed by atoms with Gasteiger partial charge in [0, 0.05) is 18.0 Å². The lowest BCUT2D eigenvalue weighted by molar-refractivity contribution is 0.112. The Morgan fingerprint density at radius 1 is 1.24 bits per heavy atom. The molecule has 5 N–H and O–H groups in total. The molecule has 0 spiro atoms. The summed E-state index contributed by atoms with van der Waals surface area (Å²) >= 11 is 0. The number of carbonyl (C=O) groups is 1. The number of aldehydes is 1. The van der Waals surface area contributed by atoms with Crippen molar-refractivity contribution in [2.45, 2.75) is 13.1 Å². The van der Waals surface area contributed by atoms with Gasteiger partial charge in [0.2, 0.25) is 0 Å². The molecule has 29 heavy (non-hydrogen) atoms. The van der Waals surface area contributed by atoms with E-state index in [1.165, 1.54) is 11.2 Å². The molecule has 4 aromatic rings. The van der Waals surface area contributed by atoms with Crippen molar-refractivity contribution in [2.75, 3.05) is 17.3 Å². The standard InChI is InChI=1S/C18H19N9O2/c19-17-18(24-15(8-21-17)13-6-22-25(10-13)3-4-28)26(20)9-12-1-2-27-16(5-12)14(11-29)7-23-27/h1-2,5-8,10-11,28H,3-4,9,20H2,(H2,19,21). The number of hydrogen-bond acceptors (Lipinski definition) is 9. The lowest BCUT2D eigenvalue weighted by Crippen LogP contribution is -2.32. The van der Waals surface area contributed by atoms with E-state index >= 15 is 0 Å². The maximum atomic E-state index is 11.2. The van der Waals surface area contributed by atoms with Gasteiger partial charge < -0.3 is 10.8 Å². The molecule has 0 radical (unpaired) electrons. The molecule has 11 heteroatoms. The number of fused-ring (bicyclic) bond motifs is 1. The number of aliphatic hydroxyl groups is 1. The minimum absolute atomic E-state index is 0.0102. The van der Waals surface area contributed by atoms with Gasteiger partial charge in [0.25, 0.3) is 0 Å². The highest BCUT2D eigenvalue weighted by molar-refractivity contribution is 5.85. The number of nitrogen functional groups attached to an aromatic ring is 1. The average Bonchev–Trinajstić information content (AvgIpc) is 3.35. The second kappa shape index (κ2) is 7.66. The topological polar surface area (TPSA) is 153 Å². The maximum absolute atomic E-state index is 11.2. The number of nitrogens with two attached hydrogens (primary N) is 2. The Hall–Kier alpha value is -3.83. The van der Waals surface area contributed by atoms with Gasteiger partial charge in [-0.05, 0) is 17.7 Å². The number of aliphatic hydroxyl groups excluding tert-OH is 1. The van der Waals surface area contributed by atoms with Gasteiger partial charge in [-0.3, -0.25) is 14.5 Å². The van der Waals surface area contributed by atoms with E-state index in [2.05, 4.69) is 20.2 Å². The molecule has 0 amide bonds. The van der Waals surface area contributed by atoms with Crippen LogP contribution in [0.5, 0.6) is 0 Å². The molecular formula is C18H19N9O2. The predicted octanol–water partition coefficient (Wildman–Crippen LogP) is 0.255. The number of rotatable bonds is 7. The zero-order valence-corrected chi connectivity index (χ0v) is 15.4. The molecule has 4 rings (SSSR count). The fraction of sp³-hybridized carbons (Fsp3) is 0.167. The van der Waals surface area contributed by atoms with Crippen molar-refractivity contribution in [2.24, 2.45) is 5.84 Å². The largest absolute Gasteiger partial charge is 0.394 e. The van der Waals surface area contributed by atoms with Crippen LogP contribution in [-0.4, -0.2) is 47.4 Å². The number of nitrogens with zero attached hydrogens (tertiary/aromatic N) is 7. The molecule has 0 aliphatic heterocycles. The molecule has 0 saturated heterocycles. The third-order valence-electron chi connectivity index (χ3n) is 4.41. The second-order valence-electron chi connectivity index (χ2n) is 6.39. The molecule has 0 bridgehead atoms. The summed E-state index contributed by atoms with van der Waals surface area (Å²) in [5, 5.41) is 18.7. The average molecular weight is 393 g/mol. The molecule has 4 heterocycles. The third-order valence-corrected chi connectivity index (χ3v) is 4.41. The van der Waals surface area contributed by atoms with Crippen molar-refractivity contribution in [1.82, 2.24) is 29.4 Å². The number of carbonyl (C=O) groups excluding carboxylic acids is 1. The zero-order valence-electron chi connectivity index (χ0n) is 15.4. The van der Waals surface area contributed by atoms with Gasteiger partial charge in [0.1, 0.15) is 0 Å². The van der Waals surface area contributed by atoms with E-state index in [-0.39, 0.29) is 12.4 Å². The highest BCUT2D eigenvalue weighted by Crippen LogP contribution is 2.23. The van der Waals surface area contributed by atoms with Gasteiger partial charge in [0.15, 0.2) is 17.9 Å². The van der Waals surface area contributed by atoms with E-state index in [1.54, 1.807) is 34.0 Å². The number of aromatic nitrogens is 6. The van der Waals surface area contributed by atoms with Crippen LogP contribution in [0, 0.1) is 0 Å². The predicted molar refractivity (Wildman–Crippen MR) is 106 cm³/mol. The summed E-state index contributed by atoms with van der Waals surface area (Å²) in [4.78, 5) is 19.9. The van der Waals surface area contributed by atoms with E-state index in [0.717, 1.165) is 17.4 Å². The SMILES string of the molecule is Nc1ncc(-c2cnn(CCO)c2)nc1N(N)Cc1ccn2ncc(C=O)c2c1.